The van der Waals surface area contributed by atoms with Gasteiger partial charge in [-0.3, -0.25) is 0 Å². The summed E-state index contributed by atoms with van der Waals surface area (Å²) in [5, 5.41) is 0. The first-order valence-corrected chi connectivity index (χ1v) is 6.64. The summed E-state index contributed by atoms with van der Waals surface area (Å²) in [6.07, 6.45) is 0. The first kappa shape index (κ1) is 11.4. The van der Waals surface area contributed by atoms with Crippen LogP contribution in [0.1, 0.15) is 1.43 Å². The minimum Gasteiger partial charge on any atom is 1.00 e. The zero-order chi connectivity index (χ0) is 14.1. The fraction of sp³-hybridized carbons (Fsp3) is 0. The molecule has 0 bridgehead atoms. The molecule has 0 aromatic carbocycles. The third-order valence-corrected chi connectivity index (χ3v) is 5.49. The molecule has 102 valence electrons. The van der Waals surface area contributed by atoms with E-state index in [0.29, 0.717) is 0 Å². The predicted octanol–water partition coefficient (Wildman–Crippen LogP) is -1.04. The maximum atomic E-state index is 11.3. The van der Waals surface area contributed by atoms with Crippen LogP contribution in [-0.2, 0) is 51.1 Å². The molecule has 12 heteroatoms. The van der Waals surface area contributed by atoms with E-state index in [1.54, 1.807) is 0 Å². The van der Waals surface area contributed by atoms with Crippen LogP contribution in [0, 0.1) is 0 Å². The van der Waals surface area contributed by atoms with Gasteiger partial charge < -0.3 is 0 Å². The summed E-state index contributed by atoms with van der Waals surface area (Å²) < 4.78 is 26.5. The van der Waals surface area contributed by atoms with Crippen molar-refractivity contribution in [2.45, 2.75) is 0 Å². The molecule has 11 nitrogen and oxygen atoms in total. The van der Waals surface area contributed by atoms with Crippen LogP contribution in [0.5, 0.6) is 0 Å². The summed E-state index contributed by atoms with van der Waals surface area (Å²) in [4.78, 5) is 56.0. The van der Waals surface area contributed by atoms with E-state index < -0.39 is 42.9 Å². The molecule has 19 heavy (non-hydrogen) atoms. The summed E-state index contributed by atoms with van der Waals surface area (Å²) >= 11 is 0. The minimum absolute atomic E-state index is 0. The molecular weight excluding hydrogens is 291 g/mol. The van der Waals surface area contributed by atoms with Gasteiger partial charge in [0.25, 0.3) is 0 Å². The van der Waals surface area contributed by atoms with Gasteiger partial charge in [-0.2, -0.15) is 0 Å². The summed E-state index contributed by atoms with van der Waals surface area (Å²) in [7, 11) is -6.83. The van der Waals surface area contributed by atoms with Crippen LogP contribution < -0.4 is 0 Å². The largest absolute Gasteiger partial charge is 1.00 e. The van der Waals surface area contributed by atoms with Crippen molar-refractivity contribution in [2.75, 3.05) is 0 Å². The Kier molecular flexibility index (Phi) is 1.43. The Balaban J connectivity index is 0.00000147. The standard InChI is InChI=1S/C7H2O11P/c1-2-3(8)14-19(13-2,15-4(9)5(10)16-19)17-6(11)7(12)18-19/h1H2/q-1/p+1. The van der Waals surface area contributed by atoms with E-state index in [-0.39, 0.29) is 1.43 Å². The molecule has 0 aromatic rings. The van der Waals surface area contributed by atoms with Crippen molar-refractivity contribution in [3.8, 4) is 0 Å². The topological polar surface area (TPSA) is 141 Å². The Morgan fingerprint density at radius 2 is 0.947 bits per heavy atom. The Morgan fingerprint density at radius 3 is 1.21 bits per heavy atom. The van der Waals surface area contributed by atoms with Crippen LogP contribution in [0.25, 0.3) is 0 Å². The third kappa shape index (κ3) is 1.03. The fourth-order valence-electron chi connectivity index (χ4n) is 1.59. The summed E-state index contributed by atoms with van der Waals surface area (Å²) in [6.45, 7) is 3.04. The van der Waals surface area contributed by atoms with Crippen molar-refractivity contribution in [1.82, 2.24) is 0 Å². The van der Waals surface area contributed by atoms with Gasteiger partial charge in [-0.1, -0.05) is 0 Å². The van der Waals surface area contributed by atoms with Crippen molar-refractivity contribution in [3.05, 3.63) is 12.3 Å². The molecule has 0 unspecified atom stereocenters. The van der Waals surface area contributed by atoms with Crippen LogP contribution in [-0.4, -0.2) is 29.8 Å². The number of carbonyl (C=O) groups is 5. The molecule has 3 rings (SSSR count). The molecule has 3 aliphatic heterocycles. The molecule has 0 saturated carbocycles. The van der Waals surface area contributed by atoms with Crippen LogP contribution in [0.15, 0.2) is 12.3 Å². The van der Waals surface area contributed by atoms with Gasteiger partial charge in [0.1, 0.15) is 0 Å². The van der Waals surface area contributed by atoms with Crippen molar-refractivity contribution < 1.29 is 52.5 Å². The van der Waals surface area contributed by atoms with E-state index in [1.165, 1.54) is 0 Å². The zero-order valence-corrected chi connectivity index (χ0v) is 9.54. The normalized spacial score (nSPS) is 32.2. The maximum Gasteiger partial charge on any atom is 1.00 e. The molecule has 0 radical (unpaired) electrons. The number of hydrogen-bond acceptors (Lipinski definition) is 11. The monoisotopic (exact) mass is 294 g/mol. The average Bonchev–Trinajstić information content (AvgIpc) is 2.69. The molecule has 3 aliphatic rings. The Hall–Kier alpha value is -2.68. The van der Waals surface area contributed by atoms with Gasteiger partial charge in [0, 0.05) is 0 Å². The van der Waals surface area contributed by atoms with Gasteiger partial charge in [0.05, 0.1) is 0 Å². The van der Waals surface area contributed by atoms with Gasteiger partial charge in [-0.15, -0.1) is 0 Å². The van der Waals surface area contributed by atoms with Crippen LogP contribution in [0.4, 0.5) is 0 Å². The molecule has 1 spiro atoms. The van der Waals surface area contributed by atoms with Gasteiger partial charge in [0.2, 0.25) is 0 Å². The number of rotatable bonds is 0. The molecule has 0 N–H and O–H groups in total. The van der Waals surface area contributed by atoms with Crippen LogP contribution in [0.3, 0.4) is 0 Å². The first-order valence-electron chi connectivity index (χ1n) is 4.44. The second kappa shape index (κ2) is 2.38. The van der Waals surface area contributed by atoms with Crippen molar-refractivity contribution in [1.29, 1.82) is 0 Å². The fourth-order valence-corrected chi connectivity index (χ4v) is 4.76. The average molecular weight is 294 g/mol. The third-order valence-electron chi connectivity index (χ3n) is 2.20. The molecule has 0 amide bonds. The molecule has 3 saturated heterocycles. The van der Waals surface area contributed by atoms with Crippen molar-refractivity contribution >= 4 is 37.2 Å². The van der Waals surface area contributed by atoms with E-state index in [4.69, 9.17) is 0 Å². The molecule has 0 aliphatic carbocycles. The number of hydrogen-bond donors (Lipinski definition) is 0. The van der Waals surface area contributed by atoms with Gasteiger partial charge in [-0.05, 0) is 0 Å². The minimum atomic E-state index is -6.83. The molecule has 0 aromatic heterocycles. The van der Waals surface area contributed by atoms with E-state index in [2.05, 4.69) is 33.7 Å². The van der Waals surface area contributed by atoms with Gasteiger partial charge in [-0.25, -0.2) is 0 Å². The first-order chi connectivity index (χ1) is 8.65. The smallest absolute Gasteiger partial charge is 1.00 e. The Morgan fingerprint density at radius 1 is 0.632 bits per heavy atom. The summed E-state index contributed by atoms with van der Waals surface area (Å²) in [5.41, 5.74) is 0. The molecule has 3 fully saturated rings. The van der Waals surface area contributed by atoms with E-state index >= 15 is 0 Å². The second-order valence-electron chi connectivity index (χ2n) is 3.53. The van der Waals surface area contributed by atoms with E-state index in [0.717, 1.165) is 0 Å². The zero-order valence-electron chi connectivity index (χ0n) is 9.65. The van der Waals surface area contributed by atoms with Crippen LogP contribution in [0.2, 0.25) is 0 Å². The quantitative estimate of drug-likeness (QED) is 0.307. The van der Waals surface area contributed by atoms with Gasteiger partial charge in [0.15, 0.2) is 0 Å². The van der Waals surface area contributed by atoms with E-state index in [9.17, 15) is 24.0 Å². The Bertz CT molecular complexity index is 503. The van der Waals surface area contributed by atoms with E-state index in [1.807, 2.05) is 0 Å². The summed E-state index contributed by atoms with van der Waals surface area (Å²) in [6, 6.07) is 0. The van der Waals surface area contributed by atoms with Crippen molar-refractivity contribution in [3.63, 3.8) is 0 Å². The SMILES string of the molecule is C=C1O[P-]23(OC1=O)(OC(=O)C(=O)O2)OC(=O)C(=O)O3.[H+]. The molecule has 0 atom stereocenters. The second-order valence-corrected chi connectivity index (χ2v) is 6.86. The van der Waals surface area contributed by atoms with Crippen molar-refractivity contribution in [2.24, 2.45) is 0 Å². The summed E-state index contributed by atoms with van der Waals surface area (Å²) in [5.74, 6) is -9.19. The molecular formula is C7H3O11P. The van der Waals surface area contributed by atoms with Gasteiger partial charge >= 0.3 is 102 Å². The Labute approximate surface area is 103 Å². The predicted molar refractivity (Wildman–Crippen MR) is 48.7 cm³/mol. The maximum absolute atomic E-state index is 11.3. The molecule has 3 heterocycles. The number of carbonyl (C=O) groups excluding carboxylic acids is 5. The van der Waals surface area contributed by atoms with Crippen LogP contribution >= 0.6 is 7.31 Å².